The van der Waals surface area contributed by atoms with Gasteiger partial charge in [0.2, 0.25) is 5.91 Å². The molecule has 5 rings (SSSR count). The summed E-state index contributed by atoms with van der Waals surface area (Å²) in [6.45, 7) is 4.33. The highest BCUT2D eigenvalue weighted by Crippen LogP contribution is 2.44. The van der Waals surface area contributed by atoms with Crippen LogP contribution in [0.3, 0.4) is 0 Å². The number of hydrogen-bond donors (Lipinski definition) is 0. The zero-order valence-electron chi connectivity index (χ0n) is 18.2. The van der Waals surface area contributed by atoms with Crippen LogP contribution in [-0.4, -0.2) is 12.5 Å². The molecule has 0 spiro atoms. The number of hydrogen-bond acceptors (Lipinski definition) is 2. The van der Waals surface area contributed by atoms with Crippen LogP contribution in [0.5, 0.6) is 5.75 Å². The summed E-state index contributed by atoms with van der Waals surface area (Å²) in [5.41, 5.74) is 3.50. The van der Waals surface area contributed by atoms with Crippen molar-refractivity contribution < 1.29 is 13.9 Å². The number of rotatable bonds is 6. The van der Waals surface area contributed by atoms with Gasteiger partial charge in [0.25, 0.3) is 0 Å². The number of amides is 1. The summed E-state index contributed by atoms with van der Waals surface area (Å²) in [6.07, 6.45) is 2.03. The Morgan fingerprint density at radius 3 is 2.52 bits per heavy atom. The quantitative estimate of drug-likeness (QED) is 0.318. The molecule has 33 heavy (non-hydrogen) atoms. The van der Waals surface area contributed by atoms with E-state index < -0.39 is 0 Å². The minimum atomic E-state index is -0.301. The van der Waals surface area contributed by atoms with Gasteiger partial charge in [-0.05, 0) is 46.2 Å². The van der Waals surface area contributed by atoms with E-state index >= 15 is 0 Å². The summed E-state index contributed by atoms with van der Waals surface area (Å²) in [5, 5.41) is 2.23. The van der Waals surface area contributed by atoms with Gasteiger partial charge in [-0.1, -0.05) is 73.3 Å². The first-order valence-electron chi connectivity index (χ1n) is 11.0. The average molecular weight is 438 g/mol. The Balaban J connectivity index is 1.61. The lowest BCUT2D eigenvalue weighted by Gasteiger charge is -2.35. The fourth-order valence-electron chi connectivity index (χ4n) is 4.61. The van der Waals surface area contributed by atoms with E-state index in [1.165, 1.54) is 6.07 Å². The van der Waals surface area contributed by atoms with E-state index in [1.807, 2.05) is 48.5 Å². The molecule has 1 heterocycles. The van der Waals surface area contributed by atoms with Gasteiger partial charge in [0.1, 0.15) is 18.2 Å². The number of anilines is 1. The number of carbonyl (C=O) groups is 1. The molecule has 0 radical (unpaired) electrons. The van der Waals surface area contributed by atoms with E-state index in [0.29, 0.717) is 18.6 Å². The highest BCUT2D eigenvalue weighted by Gasteiger charge is 2.34. The Kier molecular flexibility index (Phi) is 5.66. The summed E-state index contributed by atoms with van der Waals surface area (Å²) >= 11 is 0. The van der Waals surface area contributed by atoms with Crippen LogP contribution in [0.15, 0.2) is 97.6 Å². The first kappa shape index (κ1) is 21.0. The number of carbonyl (C=O) groups excluding carboxylic acids is 1. The van der Waals surface area contributed by atoms with Gasteiger partial charge in [0.05, 0.1) is 6.54 Å². The lowest BCUT2D eigenvalue weighted by atomic mass is 9.81. The Morgan fingerprint density at radius 2 is 1.73 bits per heavy atom. The number of ether oxygens (including phenoxy) is 1. The van der Waals surface area contributed by atoms with Crippen LogP contribution in [-0.2, 0) is 11.3 Å². The van der Waals surface area contributed by atoms with Crippen molar-refractivity contribution in [2.75, 3.05) is 11.5 Å². The molecule has 1 aliphatic heterocycles. The molecule has 0 aromatic heterocycles. The maximum absolute atomic E-state index is 14.4. The van der Waals surface area contributed by atoms with Gasteiger partial charge in [-0.3, -0.25) is 4.79 Å². The fourth-order valence-corrected chi connectivity index (χ4v) is 4.61. The molecule has 164 valence electrons. The van der Waals surface area contributed by atoms with Crippen molar-refractivity contribution >= 4 is 22.4 Å². The second-order valence-corrected chi connectivity index (χ2v) is 8.22. The Morgan fingerprint density at radius 1 is 0.970 bits per heavy atom. The van der Waals surface area contributed by atoms with Gasteiger partial charge in [0.15, 0.2) is 0 Å². The highest BCUT2D eigenvalue weighted by molar-refractivity contribution is 6.03. The van der Waals surface area contributed by atoms with E-state index in [2.05, 4.69) is 18.7 Å². The summed E-state index contributed by atoms with van der Waals surface area (Å²) in [4.78, 5) is 15.1. The molecule has 0 fully saturated rings. The van der Waals surface area contributed by atoms with Crippen molar-refractivity contribution in [1.82, 2.24) is 0 Å². The van der Waals surface area contributed by atoms with E-state index in [9.17, 15) is 9.18 Å². The molecule has 1 unspecified atom stereocenters. The maximum atomic E-state index is 14.4. The van der Waals surface area contributed by atoms with Gasteiger partial charge in [-0.15, -0.1) is 0 Å². The van der Waals surface area contributed by atoms with E-state index in [4.69, 9.17) is 4.74 Å². The van der Waals surface area contributed by atoms with Crippen LogP contribution >= 0.6 is 0 Å². The second kappa shape index (κ2) is 8.91. The molecule has 4 aromatic rings. The Hall–Kier alpha value is -3.92. The zero-order valence-corrected chi connectivity index (χ0v) is 18.2. The molecule has 4 aromatic carbocycles. The smallest absolute Gasteiger partial charge is 0.228 e. The van der Waals surface area contributed by atoms with Crippen LogP contribution in [0, 0.1) is 5.82 Å². The predicted molar refractivity (Wildman–Crippen MR) is 130 cm³/mol. The normalized spacial score (nSPS) is 15.4. The topological polar surface area (TPSA) is 29.5 Å². The molecular weight excluding hydrogens is 413 g/mol. The van der Waals surface area contributed by atoms with Crippen LogP contribution in [0.4, 0.5) is 10.1 Å². The Bertz CT molecular complexity index is 1330. The maximum Gasteiger partial charge on any atom is 0.228 e. The van der Waals surface area contributed by atoms with Crippen molar-refractivity contribution in [3.05, 3.63) is 120 Å². The van der Waals surface area contributed by atoms with Crippen molar-refractivity contribution in [3.63, 3.8) is 0 Å². The Labute approximate surface area is 192 Å². The van der Waals surface area contributed by atoms with Gasteiger partial charge in [0, 0.05) is 23.6 Å². The van der Waals surface area contributed by atoms with Crippen molar-refractivity contribution in [2.24, 2.45) is 0 Å². The van der Waals surface area contributed by atoms with Gasteiger partial charge < -0.3 is 9.64 Å². The minimum absolute atomic E-state index is 0.0157. The third-order valence-electron chi connectivity index (χ3n) is 6.20. The van der Waals surface area contributed by atoms with E-state index in [1.54, 1.807) is 29.2 Å². The van der Waals surface area contributed by atoms with Crippen molar-refractivity contribution in [1.29, 1.82) is 0 Å². The van der Waals surface area contributed by atoms with Crippen LogP contribution < -0.4 is 9.64 Å². The molecule has 3 nitrogen and oxygen atoms in total. The third-order valence-corrected chi connectivity index (χ3v) is 6.20. The highest BCUT2D eigenvalue weighted by atomic mass is 19.1. The molecule has 1 amide bonds. The van der Waals surface area contributed by atoms with Crippen molar-refractivity contribution in [3.8, 4) is 5.75 Å². The zero-order chi connectivity index (χ0) is 22.8. The van der Waals surface area contributed by atoms with Crippen LogP contribution in [0.2, 0.25) is 0 Å². The first-order chi connectivity index (χ1) is 16.2. The first-order valence-corrected chi connectivity index (χ1v) is 11.0. The van der Waals surface area contributed by atoms with Crippen LogP contribution in [0.1, 0.15) is 29.0 Å². The molecule has 0 bridgehead atoms. The van der Waals surface area contributed by atoms with Crippen LogP contribution in [0.25, 0.3) is 10.8 Å². The lowest BCUT2D eigenvalue weighted by molar-refractivity contribution is -0.119. The lowest BCUT2D eigenvalue weighted by Crippen LogP contribution is -2.36. The molecule has 0 aliphatic carbocycles. The molecule has 4 heteroatoms. The number of fused-ring (bicyclic) bond motifs is 3. The standard InChI is InChI=1S/C29H24FNO2/c1-2-17-33-23-14-11-21(12-15-23)25-18-28(32)31(19-22-8-4-6-10-26(22)30)27-16-13-20-7-3-5-9-24(20)29(25)27/h2-16,25H,1,17-19H2. The summed E-state index contributed by atoms with van der Waals surface area (Å²) < 4.78 is 20.0. The molecule has 0 saturated carbocycles. The monoisotopic (exact) mass is 437 g/mol. The SMILES string of the molecule is C=CCOc1ccc(C2CC(=O)N(Cc3ccccc3F)c3ccc4ccccc4c32)cc1. The number of halogens is 1. The van der Waals surface area contributed by atoms with Gasteiger partial charge >= 0.3 is 0 Å². The molecule has 1 aliphatic rings. The van der Waals surface area contributed by atoms with Gasteiger partial charge in [-0.25, -0.2) is 4.39 Å². The summed E-state index contributed by atoms with van der Waals surface area (Å²) in [7, 11) is 0. The predicted octanol–water partition coefficient (Wildman–Crippen LogP) is 6.61. The molecule has 0 saturated heterocycles. The number of benzene rings is 4. The third kappa shape index (κ3) is 4.00. The summed E-state index contributed by atoms with van der Waals surface area (Å²) in [6, 6.07) is 26.8. The molecular formula is C29H24FNO2. The largest absolute Gasteiger partial charge is 0.490 e. The minimum Gasteiger partial charge on any atom is -0.490 e. The number of nitrogens with zero attached hydrogens (tertiary/aromatic N) is 1. The van der Waals surface area contributed by atoms with E-state index in [0.717, 1.165) is 33.3 Å². The van der Waals surface area contributed by atoms with Crippen molar-refractivity contribution in [2.45, 2.75) is 18.9 Å². The summed E-state index contributed by atoms with van der Waals surface area (Å²) in [5.74, 6) is 0.354. The fraction of sp³-hybridized carbons (Fsp3) is 0.138. The molecule has 0 N–H and O–H groups in total. The van der Waals surface area contributed by atoms with Gasteiger partial charge in [-0.2, -0.15) is 0 Å². The van der Waals surface area contributed by atoms with E-state index in [-0.39, 0.29) is 24.2 Å². The molecule has 1 atom stereocenters. The average Bonchev–Trinajstić information content (AvgIpc) is 2.85. The second-order valence-electron chi connectivity index (χ2n) is 8.22.